The molecule has 1 heterocycles. The second kappa shape index (κ2) is 9.32. The van der Waals surface area contributed by atoms with E-state index in [2.05, 4.69) is 4.72 Å². The number of nitrogens with zero attached hydrogens (tertiary/aromatic N) is 1. The maximum absolute atomic E-state index is 12.9. The predicted molar refractivity (Wildman–Crippen MR) is 135 cm³/mol. The monoisotopic (exact) mass is 478 g/mol. The first-order chi connectivity index (χ1) is 16.2. The van der Waals surface area contributed by atoms with Gasteiger partial charge in [0.15, 0.2) is 0 Å². The fourth-order valence-electron chi connectivity index (χ4n) is 3.75. The molecule has 0 bridgehead atoms. The Hall–Kier alpha value is -3.62. The second-order valence-corrected chi connectivity index (χ2v) is 10.1. The summed E-state index contributed by atoms with van der Waals surface area (Å²) < 4.78 is 38.8. The first kappa shape index (κ1) is 23.5. The van der Waals surface area contributed by atoms with E-state index in [1.807, 2.05) is 55.5 Å². The van der Waals surface area contributed by atoms with Gasteiger partial charge in [-0.15, -0.1) is 0 Å². The van der Waals surface area contributed by atoms with Crippen LogP contribution in [0, 0.1) is 6.92 Å². The highest BCUT2D eigenvalue weighted by Gasteiger charge is 2.15. The average Bonchev–Trinajstić information content (AvgIpc) is 2.81. The molecule has 0 saturated heterocycles. The molecule has 1 N–H and O–H groups in total. The Kier molecular flexibility index (Phi) is 6.45. The third-order valence-electron chi connectivity index (χ3n) is 5.75. The van der Waals surface area contributed by atoms with Gasteiger partial charge in [-0.2, -0.15) is 12.7 Å². The van der Waals surface area contributed by atoms with E-state index in [0.717, 1.165) is 37.7 Å². The molecular formula is C26H26N2O5S. The summed E-state index contributed by atoms with van der Waals surface area (Å²) in [5.74, 6) is 0.773. The van der Waals surface area contributed by atoms with Crippen LogP contribution in [-0.4, -0.2) is 33.9 Å². The molecular weight excluding hydrogens is 452 g/mol. The Labute approximate surface area is 198 Å². The molecule has 4 aromatic rings. The van der Waals surface area contributed by atoms with Crippen molar-refractivity contribution in [2.24, 2.45) is 0 Å². The maximum atomic E-state index is 12.9. The van der Waals surface area contributed by atoms with Crippen LogP contribution in [0.15, 0.2) is 75.9 Å². The molecule has 3 aromatic carbocycles. The Bertz CT molecular complexity index is 1510. The zero-order valence-corrected chi connectivity index (χ0v) is 20.3. The molecule has 0 amide bonds. The SMILES string of the molecule is COc1ccc(-c2ccc3c(C)c(Cc4cccc(NS(=O)(=O)N(C)C)c4)c(=O)oc3c2)cc1. The van der Waals surface area contributed by atoms with Crippen LogP contribution in [0.2, 0.25) is 0 Å². The molecule has 0 unspecified atom stereocenters. The van der Waals surface area contributed by atoms with Crippen molar-refractivity contribution in [3.8, 4) is 16.9 Å². The van der Waals surface area contributed by atoms with Crippen LogP contribution >= 0.6 is 0 Å². The lowest BCUT2D eigenvalue weighted by atomic mass is 9.97. The van der Waals surface area contributed by atoms with E-state index in [4.69, 9.17) is 9.15 Å². The van der Waals surface area contributed by atoms with Gasteiger partial charge in [-0.25, -0.2) is 4.79 Å². The first-order valence-corrected chi connectivity index (χ1v) is 12.1. The summed E-state index contributed by atoms with van der Waals surface area (Å²) in [5.41, 5.74) is 4.64. The van der Waals surface area contributed by atoms with E-state index in [-0.39, 0.29) is 0 Å². The van der Waals surface area contributed by atoms with Crippen LogP contribution in [0.3, 0.4) is 0 Å². The highest BCUT2D eigenvalue weighted by Crippen LogP contribution is 2.28. The lowest BCUT2D eigenvalue weighted by molar-refractivity contribution is 0.415. The van der Waals surface area contributed by atoms with Gasteiger partial charge in [-0.1, -0.05) is 36.4 Å². The number of methoxy groups -OCH3 is 1. The number of benzene rings is 3. The highest BCUT2D eigenvalue weighted by atomic mass is 32.2. The highest BCUT2D eigenvalue weighted by molar-refractivity contribution is 7.90. The molecule has 4 rings (SSSR count). The molecule has 0 aliphatic heterocycles. The minimum absolute atomic E-state index is 0.321. The molecule has 34 heavy (non-hydrogen) atoms. The number of fused-ring (bicyclic) bond motifs is 1. The van der Waals surface area contributed by atoms with Crippen LogP contribution in [0.5, 0.6) is 5.75 Å². The van der Waals surface area contributed by atoms with Crippen molar-refractivity contribution in [1.82, 2.24) is 4.31 Å². The molecule has 176 valence electrons. The number of anilines is 1. The van der Waals surface area contributed by atoms with Crippen molar-refractivity contribution in [2.75, 3.05) is 25.9 Å². The van der Waals surface area contributed by atoms with Crippen LogP contribution in [0.1, 0.15) is 16.7 Å². The van der Waals surface area contributed by atoms with E-state index < -0.39 is 15.8 Å². The van der Waals surface area contributed by atoms with Gasteiger partial charge in [0.05, 0.1) is 12.8 Å². The van der Waals surface area contributed by atoms with Crippen molar-refractivity contribution in [3.63, 3.8) is 0 Å². The summed E-state index contributed by atoms with van der Waals surface area (Å²) in [6.07, 6.45) is 0.321. The minimum Gasteiger partial charge on any atom is -0.497 e. The van der Waals surface area contributed by atoms with Crippen LogP contribution in [-0.2, 0) is 16.6 Å². The normalized spacial score (nSPS) is 11.7. The number of ether oxygens (including phenoxy) is 1. The Morgan fingerprint density at radius 2 is 1.68 bits per heavy atom. The number of hydrogen-bond acceptors (Lipinski definition) is 5. The van der Waals surface area contributed by atoms with Gasteiger partial charge in [0.25, 0.3) is 0 Å². The van der Waals surface area contributed by atoms with Gasteiger partial charge in [0, 0.05) is 31.5 Å². The largest absolute Gasteiger partial charge is 0.497 e. The quantitative estimate of drug-likeness (QED) is 0.393. The van der Waals surface area contributed by atoms with Crippen molar-refractivity contribution in [3.05, 3.63) is 93.8 Å². The summed E-state index contributed by atoms with van der Waals surface area (Å²) in [4.78, 5) is 12.9. The zero-order valence-electron chi connectivity index (χ0n) is 19.5. The summed E-state index contributed by atoms with van der Waals surface area (Å²) in [5, 5.41) is 0.858. The molecule has 0 aliphatic carbocycles. The molecule has 0 spiro atoms. The predicted octanol–water partition coefficient (Wildman–Crippen LogP) is 4.59. The molecule has 0 radical (unpaired) electrons. The van der Waals surface area contributed by atoms with E-state index in [1.54, 1.807) is 25.3 Å². The molecule has 0 saturated carbocycles. The zero-order chi connectivity index (χ0) is 24.5. The number of nitrogens with one attached hydrogen (secondary N) is 1. The van der Waals surface area contributed by atoms with E-state index in [9.17, 15) is 13.2 Å². The average molecular weight is 479 g/mol. The fraction of sp³-hybridized carbons (Fsp3) is 0.192. The first-order valence-electron chi connectivity index (χ1n) is 10.7. The van der Waals surface area contributed by atoms with Gasteiger partial charge in [-0.3, -0.25) is 4.72 Å². The van der Waals surface area contributed by atoms with E-state index >= 15 is 0 Å². The molecule has 1 aromatic heterocycles. The van der Waals surface area contributed by atoms with Gasteiger partial charge in [0.2, 0.25) is 0 Å². The standard InChI is InChI=1S/C26H26N2O5S/c1-17-23-13-10-20(19-8-11-22(32-4)12-9-19)16-25(23)33-26(29)24(17)15-18-6-5-7-21(14-18)27-34(30,31)28(2)3/h5-14,16,27H,15H2,1-4H3. The van der Waals surface area contributed by atoms with Crippen LogP contribution in [0.25, 0.3) is 22.1 Å². The Balaban J connectivity index is 1.66. The van der Waals surface area contributed by atoms with Crippen LogP contribution < -0.4 is 15.1 Å². The van der Waals surface area contributed by atoms with E-state index in [1.165, 1.54) is 14.1 Å². The van der Waals surface area contributed by atoms with Gasteiger partial charge >= 0.3 is 15.8 Å². The summed E-state index contributed by atoms with van der Waals surface area (Å²) >= 11 is 0. The van der Waals surface area contributed by atoms with Gasteiger partial charge in [-0.05, 0) is 59.5 Å². The van der Waals surface area contributed by atoms with Crippen molar-refractivity contribution < 1.29 is 17.6 Å². The van der Waals surface area contributed by atoms with Gasteiger partial charge in [0.1, 0.15) is 11.3 Å². The molecule has 0 atom stereocenters. The third kappa shape index (κ3) is 4.83. The number of aryl methyl sites for hydroxylation is 1. The molecule has 7 nitrogen and oxygen atoms in total. The number of rotatable bonds is 7. The summed E-state index contributed by atoms with van der Waals surface area (Å²) in [6, 6.07) is 20.5. The number of hydrogen-bond donors (Lipinski definition) is 1. The smallest absolute Gasteiger partial charge is 0.340 e. The maximum Gasteiger partial charge on any atom is 0.340 e. The lowest BCUT2D eigenvalue weighted by Crippen LogP contribution is -2.28. The Morgan fingerprint density at radius 3 is 2.35 bits per heavy atom. The van der Waals surface area contributed by atoms with E-state index in [0.29, 0.717) is 23.3 Å². The molecule has 8 heteroatoms. The summed E-state index contributed by atoms with van der Waals surface area (Å²) in [6.45, 7) is 1.90. The van der Waals surface area contributed by atoms with Crippen LogP contribution in [0.4, 0.5) is 5.69 Å². The van der Waals surface area contributed by atoms with Crippen molar-refractivity contribution in [2.45, 2.75) is 13.3 Å². The molecule has 0 fully saturated rings. The van der Waals surface area contributed by atoms with Crippen molar-refractivity contribution >= 4 is 26.9 Å². The third-order valence-corrected chi connectivity index (χ3v) is 7.20. The lowest BCUT2D eigenvalue weighted by Gasteiger charge is -2.14. The topological polar surface area (TPSA) is 88.9 Å². The molecule has 0 aliphatic rings. The Morgan fingerprint density at radius 1 is 0.971 bits per heavy atom. The second-order valence-electron chi connectivity index (χ2n) is 8.20. The minimum atomic E-state index is -3.62. The summed E-state index contributed by atoms with van der Waals surface area (Å²) in [7, 11) is 0.911. The van der Waals surface area contributed by atoms with Gasteiger partial charge < -0.3 is 9.15 Å². The van der Waals surface area contributed by atoms with Crippen molar-refractivity contribution in [1.29, 1.82) is 0 Å². The fourth-order valence-corrected chi connectivity index (χ4v) is 4.36.